The predicted octanol–water partition coefficient (Wildman–Crippen LogP) is -0.371. The molecule has 0 aliphatic heterocycles. The Morgan fingerprint density at radius 3 is 2.45 bits per heavy atom. The summed E-state index contributed by atoms with van der Waals surface area (Å²) < 4.78 is 21.4. The van der Waals surface area contributed by atoms with Gasteiger partial charge in [0.2, 0.25) is 0 Å². The molecule has 0 aromatic heterocycles. The van der Waals surface area contributed by atoms with Crippen LogP contribution in [0, 0.1) is 10.1 Å². The molecule has 11 heavy (non-hydrogen) atoms. The zero-order chi connectivity index (χ0) is 8.91. The molecule has 7 heteroatoms. The summed E-state index contributed by atoms with van der Waals surface area (Å²) in [5, 5.41) is 8.55. The highest BCUT2D eigenvalue weighted by molar-refractivity contribution is 7.91. The third kappa shape index (κ3) is 5.59. The van der Waals surface area contributed by atoms with E-state index < -0.39 is 14.9 Å². The van der Waals surface area contributed by atoms with Crippen LogP contribution in [0.5, 0.6) is 0 Å². The molecule has 0 spiro atoms. The standard InChI is InChI=1S/C4H9NO5S/c1-2-11(8,9)4-3-10-5(6)7/h2-4H2,1H3. The number of sulfone groups is 1. The number of rotatable bonds is 5. The van der Waals surface area contributed by atoms with Crippen LogP contribution in [0.3, 0.4) is 0 Å². The van der Waals surface area contributed by atoms with Crippen LogP contribution in [0.15, 0.2) is 0 Å². The molecule has 0 heterocycles. The minimum Gasteiger partial charge on any atom is -0.313 e. The average molecular weight is 183 g/mol. The van der Waals surface area contributed by atoms with Crippen LogP contribution in [0.4, 0.5) is 0 Å². The summed E-state index contributed by atoms with van der Waals surface area (Å²) in [7, 11) is -3.14. The molecule has 0 radical (unpaired) electrons. The van der Waals surface area contributed by atoms with Crippen LogP contribution in [-0.4, -0.2) is 31.6 Å². The molecule has 66 valence electrons. The quantitative estimate of drug-likeness (QED) is 0.428. The summed E-state index contributed by atoms with van der Waals surface area (Å²) in [5.41, 5.74) is 0. The monoisotopic (exact) mass is 183 g/mol. The highest BCUT2D eigenvalue weighted by Crippen LogP contribution is 1.89. The van der Waals surface area contributed by atoms with Crippen molar-refractivity contribution < 1.29 is 18.3 Å². The molecule has 0 rings (SSSR count). The van der Waals surface area contributed by atoms with Gasteiger partial charge in [-0.05, 0) is 0 Å². The van der Waals surface area contributed by atoms with Crippen molar-refractivity contribution in [3.05, 3.63) is 10.1 Å². The molecule has 0 saturated carbocycles. The maximum absolute atomic E-state index is 10.7. The number of nitrogens with zero attached hydrogens (tertiary/aromatic N) is 1. The van der Waals surface area contributed by atoms with Crippen molar-refractivity contribution in [3.8, 4) is 0 Å². The van der Waals surface area contributed by atoms with Crippen LogP contribution in [0.2, 0.25) is 0 Å². The maximum atomic E-state index is 10.7. The molecular formula is C4H9NO5S. The predicted molar refractivity (Wildman–Crippen MR) is 37.3 cm³/mol. The van der Waals surface area contributed by atoms with Gasteiger partial charge in [-0.3, -0.25) is 0 Å². The number of hydrogen-bond acceptors (Lipinski definition) is 5. The van der Waals surface area contributed by atoms with Crippen LogP contribution in [0.1, 0.15) is 6.92 Å². The lowest BCUT2D eigenvalue weighted by Crippen LogP contribution is -2.15. The summed E-state index contributed by atoms with van der Waals surface area (Å²) in [4.78, 5) is 13.4. The largest absolute Gasteiger partial charge is 0.313 e. The zero-order valence-corrected chi connectivity index (χ0v) is 6.83. The first kappa shape index (κ1) is 10.2. The third-order valence-corrected chi connectivity index (χ3v) is 2.70. The van der Waals surface area contributed by atoms with Crippen LogP contribution >= 0.6 is 0 Å². The summed E-state index contributed by atoms with van der Waals surface area (Å²) in [6.45, 7) is 1.09. The fourth-order valence-electron chi connectivity index (χ4n) is 0.383. The van der Waals surface area contributed by atoms with Gasteiger partial charge >= 0.3 is 0 Å². The van der Waals surface area contributed by atoms with E-state index in [4.69, 9.17) is 0 Å². The van der Waals surface area contributed by atoms with Crippen molar-refractivity contribution in [1.82, 2.24) is 0 Å². The van der Waals surface area contributed by atoms with E-state index in [0.717, 1.165) is 0 Å². The van der Waals surface area contributed by atoms with E-state index in [1.807, 2.05) is 0 Å². The van der Waals surface area contributed by atoms with Crippen LogP contribution in [-0.2, 0) is 14.7 Å². The van der Waals surface area contributed by atoms with Gasteiger partial charge in [-0.2, -0.15) is 0 Å². The molecule has 0 saturated heterocycles. The fourth-order valence-corrected chi connectivity index (χ4v) is 1.00. The van der Waals surface area contributed by atoms with Crippen molar-refractivity contribution >= 4 is 9.84 Å². The Morgan fingerprint density at radius 2 is 2.09 bits per heavy atom. The first-order valence-corrected chi connectivity index (χ1v) is 4.78. The van der Waals surface area contributed by atoms with Crippen LogP contribution < -0.4 is 0 Å². The van der Waals surface area contributed by atoms with Gasteiger partial charge in [0, 0.05) is 5.75 Å². The lowest BCUT2D eigenvalue weighted by Gasteiger charge is -1.98. The Bertz CT molecular complexity index is 221. The molecule has 0 aromatic carbocycles. The summed E-state index contributed by atoms with van der Waals surface area (Å²) >= 11 is 0. The van der Waals surface area contributed by atoms with E-state index in [1.165, 1.54) is 6.92 Å². The maximum Gasteiger partial charge on any atom is 0.294 e. The van der Waals surface area contributed by atoms with E-state index in [-0.39, 0.29) is 18.1 Å². The van der Waals surface area contributed by atoms with Crippen molar-refractivity contribution in [2.75, 3.05) is 18.1 Å². The molecule has 6 nitrogen and oxygen atoms in total. The van der Waals surface area contributed by atoms with Crippen LogP contribution in [0.25, 0.3) is 0 Å². The molecule has 0 aliphatic carbocycles. The minimum atomic E-state index is -3.14. The Hall–Kier alpha value is -0.850. The molecule has 0 aromatic rings. The van der Waals surface area contributed by atoms with Crippen molar-refractivity contribution in [1.29, 1.82) is 0 Å². The summed E-state index contributed by atoms with van der Waals surface area (Å²) in [6, 6.07) is 0. The van der Waals surface area contributed by atoms with Gasteiger partial charge in [-0.1, -0.05) is 6.92 Å². The van der Waals surface area contributed by atoms with E-state index in [0.29, 0.717) is 0 Å². The molecule has 0 N–H and O–H groups in total. The SMILES string of the molecule is CCS(=O)(=O)CCO[N+](=O)[O-]. The lowest BCUT2D eigenvalue weighted by molar-refractivity contribution is -0.756. The van der Waals surface area contributed by atoms with Gasteiger partial charge < -0.3 is 4.84 Å². The fraction of sp³-hybridized carbons (Fsp3) is 1.00. The second-order valence-corrected chi connectivity index (χ2v) is 4.27. The molecule has 0 aliphatic rings. The topological polar surface area (TPSA) is 86.5 Å². The van der Waals surface area contributed by atoms with E-state index in [9.17, 15) is 18.5 Å². The zero-order valence-electron chi connectivity index (χ0n) is 6.02. The lowest BCUT2D eigenvalue weighted by atomic mass is 10.9. The van der Waals surface area contributed by atoms with Gasteiger partial charge in [0.05, 0.1) is 5.75 Å². The number of hydrogen-bond donors (Lipinski definition) is 0. The van der Waals surface area contributed by atoms with Gasteiger partial charge in [0.25, 0.3) is 5.09 Å². The van der Waals surface area contributed by atoms with Gasteiger partial charge in [0.1, 0.15) is 6.61 Å². The van der Waals surface area contributed by atoms with Gasteiger partial charge in [0.15, 0.2) is 9.84 Å². The first-order chi connectivity index (χ1) is 4.98. The molecule has 0 unspecified atom stereocenters. The van der Waals surface area contributed by atoms with Gasteiger partial charge in [-0.25, -0.2) is 8.42 Å². The van der Waals surface area contributed by atoms with Crippen molar-refractivity contribution in [2.45, 2.75) is 6.92 Å². The first-order valence-electron chi connectivity index (χ1n) is 2.95. The van der Waals surface area contributed by atoms with Crippen molar-refractivity contribution in [2.24, 2.45) is 0 Å². The highest BCUT2D eigenvalue weighted by Gasteiger charge is 2.07. The van der Waals surface area contributed by atoms with E-state index >= 15 is 0 Å². The Kier molecular flexibility index (Phi) is 3.80. The molecule has 0 bridgehead atoms. The second kappa shape index (κ2) is 4.12. The average Bonchev–Trinajstić information content (AvgIpc) is 1.87. The molecular weight excluding hydrogens is 174 g/mol. The van der Waals surface area contributed by atoms with E-state index in [2.05, 4.69) is 4.84 Å². The van der Waals surface area contributed by atoms with Gasteiger partial charge in [-0.15, -0.1) is 10.1 Å². The third-order valence-electron chi connectivity index (χ3n) is 1.03. The smallest absolute Gasteiger partial charge is 0.294 e. The summed E-state index contributed by atoms with van der Waals surface area (Å²) in [5.74, 6) is -0.321. The normalized spacial score (nSPS) is 11.0. The minimum absolute atomic E-state index is 0.0198. The second-order valence-electron chi connectivity index (χ2n) is 1.79. The highest BCUT2D eigenvalue weighted by atomic mass is 32.2. The molecule has 0 amide bonds. The van der Waals surface area contributed by atoms with Crippen molar-refractivity contribution in [3.63, 3.8) is 0 Å². The summed E-state index contributed by atoms with van der Waals surface area (Å²) in [6.07, 6.45) is 0. The Morgan fingerprint density at radius 1 is 1.55 bits per heavy atom. The molecule has 0 fully saturated rings. The molecule has 0 atom stereocenters. The van der Waals surface area contributed by atoms with E-state index in [1.54, 1.807) is 0 Å². The Labute approximate surface area is 64.2 Å². The Balaban J connectivity index is 3.63.